The Morgan fingerprint density at radius 2 is 2.12 bits per heavy atom. The summed E-state index contributed by atoms with van der Waals surface area (Å²) in [5.41, 5.74) is 3.03. The van der Waals surface area contributed by atoms with Crippen LogP contribution >= 0.6 is 0 Å². The highest BCUT2D eigenvalue weighted by Crippen LogP contribution is 2.27. The van der Waals surface area contributed by atoms with E-state index in [0.29, 0.717) is 12.1 Å². The fourth-order valence-corrected chi connectivity index (χ4v) is 2.39. The molecule has 1 heterocycles. The maximum atomic E-state index is 3.54. The van der Waals surface area contributed by atoms with Crippen molar-refractivity contribution in [1.82, 2.24) is 10.2 Å². The summed E-state index contributed by atoms with van der Waals surface area (Å²) in [6.45, 7) is 6.62. The molecule has 0 saturated carbocycles. The van der Waals surface area contributed by atoms with Gasteiger partial charge in [0, 0.05) is 25.2 Å². The third-order valence-electron chi connectivity index (χ3n) is 3.40. The molecule has 0 aliphatic carbocycles. The van der Waals surface area contributed by atoms with Gasteiger partial charge < -0.3 is 5.32 Å². The first-order valence-electron chi connectivity index (χ1n) is 6.20. The van der Waals surface area contributed by atoms with E-state index in [9.17, 15) is 0 Å². The Morgan fingerprint density at radius 1 is 1.38 bits per heavy atom. The fourth-order valence-electron chi connectivity index (χ4n) is 2.39. The lowest BCUT2D eigenvalue weighted by Crippen LogP contribution is -2.40. The predicted molar refractivity (Wildman–Crippen MR) is 68.7 cm³/mol. The monoisotopic (exact) mass is 218 g/mol. The molecule has 2 nitrogen and oxygen atoms in total. The molecule has 0 bridgehead atoms. The van der Waals surface area contributed by atoms with Crippen molar-refractivity contribution in [2.75, 3.05) is 20.1 Å². The van der Waals surface area contributed by atoms with Crippen LogP contribution in [0.4, 0.5) is 0 Å². The summed E-state index contributed by atoms with van der Waals surface area (Å²) in [5, 5.41) is 3.54. The van der Waals surface area contributed by atoms with Crippen molar-refractivity contribution in [1.29, 1.82) is 0 Å². The molecule has 1 aromatic rings. The largest absolute Gasteiger partial charge is 0.313 e. The van der Waals surface area contributed by atoms with Crippen LogP contribution < -0.4 is 5.32 Å². The van der Waals surface area contributed by atoms with Gasteiger partial charge in [-0.15, -0.1) is 0 Å². The fraction of sp³-hybridized carbons (Fsp3) is 0.571. The highest BCUT2D eigenvalue weighted by atomic mass is 15.2. The second kappa shape index (κ2) is 4.98. The molecule has 1 aromatic carbocycles. The van der Waals surface area contributed by atoms with Crippen molar-refractivity contribution in [3.05, 3.63) is 35.4 Å². The third-order valence-corrected chi connectivity index (χ3v) is 3.40. The van der Waals surface area contributed by atoms with Crippen molar-refractivity contribution < 1.29 is 0 Å². The number of fused-ring (bicyclic) bond motifs is 1. The number of rotatable bonds is 3. The van der Waals surface area contributed by atoms with Crippen LogP contribution in [0, 0.1) is 0 Å². The van der Waals surface area contributed by atoms with Crippen LogP contribution in [0.2, 0.25) is 0 Å². The van der Waals surface area contributed by atoms with E-state index < -0.39 is 0 Å². The van der Waals surface area contributed by atoms with Crippen molar-refractivity contribution in [2.24, 2.45) is 0 Å². The van der Waals surface area contributed by atoms with Gasteiger partial charge in [0.15, 0.2) is 0 Å². The van der Waals surface area contributed by atoms with Crippen molar-refractivity contribution in [2.45, 2.75) is 32.4 Å². The highest BCUT2D eigenvalue weighted by Gasteiger charge is 2.23. The van der Waals surface area contributed by atoms with Gasteiger partial charge in [-0.2, -0.15) is 0 Å². The Morgan fingerprint density at radius 3 is 2.88 bits per heavy atom. The topological polar surface area (TPSA) is 15.3 Å². The maximum Gasteiger partial charge on any atom is 0.0472 e. The van der Waals surface area contributed by atoms with Gasteiger partial charge in [0.1, 0.15) is 0 Å². The van der Waals surface area contributed by atoms with Gasteiger partial charge in [0.2, 0.25) is 0 Å². The van der Waals surface area contributed by atoms with Crippen molar-refractivity contribution in [3.8, 4) is 0 Å². The van der Waals surface area contributed by atoms with Gasteiger partial charge in [-0.05, 0) is 24.6 Å². The van der Waals surface area contributed by atoms with Crippen LogP contribution in [0.5, 0.6) is 0 Å². The van der Waals surface area contributed by atoms with Crippen LogP contribution in [0.3, 0.4) is 0 Å². The minimum absolute atomic E-state index is 0.535. The highest BCUT2D eigenvalue weighted by molar-refractivity contribution is 5.32. The van der Waals surface area contributed by atoms with Crippen molar-refractivity contribution >= 4 is 0 Å². The number of benzene rings is 1. The third kappa shape index (κ3) is 2.45. The minimum atomic E-state index is 0.535. The molecule has 1 N–H and O–H groups in total. The van der Waals surface area contributed by atoms with Gasteiger partial charge in [-0.25, -0.2) is 0 Å². The summed E-state index contributed by atoms with van der Waals surface area (Å²) in [7, 11) is 2.22. The zero-order chi connectivity index (χ0) is 11.5. The average molecular weight is 218 g/mol. The molecule has 1 atom stereocenters. The van der Waals surface area contributed by atoms with E-state index in [-0.39, 0.29) is 0 Å². The predicted octanol–water partition coefficient (Wildman–Crippen LogP) is 2.21. The van der Waals surface area contributed by atoms with Crippen LogP contribution in [0.1, 0.15) is 31.0 Å². The molecular weight excluding hydrogens is 196 g/mol. The zero-order valence-electron chi connectivity index (χ0n) is 10.5. The number of hydrogen-bond acceptors (Lipinski definition) is 2. The van der Waals surface area contributed by atoms with Crippen molar-refractivity contribution in [3.63, 3.8) is 0 Å². The Hall–Kier alpha value is -0.860. The molecule has 0 amide bonds. The first-order chi connectivity index (χ1) is 7.68. The van der Waals surface area contributed by atoms with E-state index in [0.717, 1.165) is 6.54 Å². The molecule has 0 aromatic heterocycles. The standard InChI is InChI=1S/C14H22N2/c1-11(2)15-10-14-13-7-5-4-6-12(13)8-9-16(14)3/h4-7,11,14-15H,8-10H2,1-3H3. The van der Waals surface area contributed by atoms with Gasteiger partial charge in [0.25, 0.3) is 0 Å². The Kier molecular flexibility index (Phi) is 3.62. The molecule has 2 rings (SSSR count). The van der Waals surface area contributed by atoms with Gasteiger partial charge in [-0.1, -0.05) is 38.1 Å². The first kappa shape index (κ1) is 11.6. The lowest BCUT2D eigenvalue weighted by Gasteiger charge is -2.35. The van der Waals surface area contributed by atoms with E-state index >= 15 is 0 Å². The van der Waals surface area contributed by atoms with Crippen LogP contribution in [0.25, 0.3) is 0 Å². The Bertz CT molecular complexity index is 346. The zero-order valence-corrected chi connectivity index (χ0v) is 10.5. The summed E-state index contributed by atoms with van der Waals surface area (Å²) in [5.74, 6) is 0. The van der Waals surface area contributed by atoms with Crippen LogP contribution in [-0.2, 0) is 6.42 Å². The second-order valence-corrected chi connectivity index (χ2v) is 5.01. The van der Waals surface area contributed by atoms with Crippen LogP contribution in [-0.4, -0.2) is 31.1 Å². The summed E-state index contributed by atoms with van der Waals surface area (Å²) in [6, 6.07) is 9.94. The van der Waals surface area contributed by atoms with E-state index in [1.54, 1.807) is 0 Å². The van der Waals surface area contributed by atoms with Gasteiger partial charge in [0.05, 0.1) is 0 Å². The molecule has 0 fully saturated rings. The number of nitrogens with one attached hydrogen (secondary N) is 1. The molecule has 1 aliphatic rings. The first-order valence-corrected chi connectivity index (χ1v) is 6.20. The van der Waals surface area contributed by atoms with Crippen LogP contribution in [0.15, 0.2) is 24.3 Å². The summed E-state index contributed by atoms with van der Waals surface area (Å²) < 4.78 is 0. The smallest absolute Gasteiger partial charge is 0.0472 e. The van der Waals surface area contributed by atoms with E-state index in [2.05, 4.69) is 55.4 Å². The summed E-state index contributed by atoms with van der Waals surface area (Å²) >= 11 is 0. The molecule has 2 heteroatoms. The molecule has 0 spiro atoms. The Labute approximate surface area is 98.7 Å². The second-order valence-electron chi connectivity index (χ2n) is 5.01. The average Bonchev–Trinajstić information content (AvgIpc) is 2.27. The molecule has 88 valence electrons. The lowest BCUT2D eigenvalue weighted by molar-refractivity contribution is 0.221. The molecule has 0 radical (unpaired) electrons. The lowest BCUT2D eigenvalue weighted by atomic mass is 9.93. The van der Waals surface area contributed by atoms with E-state index in [1.165, 1.54) is 24.1 Å². The maximum absolute atomic E-state index is 3.54. The molecule has 1 aliphatic heterocycles. The molecular formula is C14H22N2. The van der Waals surface area contributed by atoms with E-state index in [1.807, 2.05) is 0 Å². The normalized spacial score (nSPS) is 21.1. The minimum Gasteiger partial charge on any atom is -0.313 e. The number of hydrogen-bond donors (Lipinski definition) is 1. The number of likely N-dealkylation sites (N-methyl/N-ethyl adjacent to an activating group) is 1. The summed E-state index contributed by atoms with van der Waals surface area (Å²) in [6.07, 6.45) is 1.19. The van der Waals surface area contributed by atoms with E-state index in [4.69, 9.17) is 0 Å². The molecule has 1 unspecified atom stereocenters. The van der Waals surface area contributed by atoms with Gasteiger partial charge >= 0.3 is 0 Å². The van der Waals surface area contributed by atoms with Gasteiger partial charge in [-0.3, -0.25) is 4.90 Å². The molecule has 16 heavy (non-hydrogen) atoms. The Balaban J connectivity index is 2.16. The number of nitrogens with zero attached hydrogens (tertiary/aromatic N) is 1. The quantitative estimate of drug-likeness (QED) is 0.837. The molecule has 0 saturated heterocycles. The SMILES string of the molecule is CC(C)NCC1c2ccccc2CCN1C. The summed E-state index contributed by atoms with van der Waals surface area (Å²) in [4.78, 5) is 2.46.